The summed E-state index contributed by atoms with van der Waals surface area (Å²) < 4.78 is 32.7. The monoisotopic (exact) mass is 506 g/mol. The first kappa shape index (κ1) is 23.8. The first-order chi connectivity index (χ1) is 15.8. The molecule has 0 saturated carbocycles. The third-order valence-electron chi connectivity index (χ3n) is 5.49. The van der Waals surface area contributed by atoms with Gasteiger partial charge in [0.1, 0.15) is 9.25 Å². The molecule has 0 aliphatic carbocycles. The zero-order chi connectivity index (χ0) is 23.6. The average molecular weight is 507 g/mol. The largest absolute Gasteiger partial charge is 0.383 e. The number of carbonyl (C=O) groups excluding carboxylic acids is 1. The Hall–Kier alpha value is -2.34. The maximum absolute atomic E-state index is 13.0. The average Bonchev–Trinajstić information content (AvgIpc) is 3.56. The predicted molar refractivity (Wildman–Crippen MR) is 135 cm³/mol. The molecule has 3 heterocycles. The number of carbonyl (C=O) groups is 1. The van der Waals surface area contributed by atoms with Crippen LogP contribution in [0.1, 0.15) is 12.1 Å². The quantitative estimate of drug-likeness (QED) is 0.480. The number of aromatic amines is 1. The molecule has 176 valence electrons. The van der Waals surface area contributed by atoms with Gasteiger partial charge in [-0.05, 0) is 23.6 Å². The van der Waals surface area contributed by atoms with Crippen LogP contribution in [0.2, 0.25) is 0 Å². The number of anilines is 1. The molecule has 1 aromatic carbocycles. The van der Waals surface area contributed by atoms with E-state index in [4.69, 9.17) is 4.74 Å². The van der Waals surface area contributed by atoms with E-state index in [-0.39, 0.29) is 11.2 Å². The van der Waals surface area contributed by atoms with E-state index in [1.54, 1.807) is 61.4 Å². The van der Waals surface area contributed by atoms with Crippen molar-refractivity contribution in [3.8, 4) is 0 Å². The van der Waals surface area contributed by atoms with Crippen LogP contribution in [0.3, 0.4) is 0 Å². The molecule has 1 unspecified atom stereocenters. The van der Waals surface area contributed by atoms with Crippen LogP contribution >= 0.6 is 23.1 Å². The number of sulfonamides is 1. The summed E-state index contributed by atoms with van der Waals surface area (Å²) >= 11 is 2.77. The van der Waals surface area contributed by atoms with E-state index in [9.17, 15) is 13.2 Å². The van der Waals surface area contributed by atoms with Gasteiger partial charge in [0.15, 0.2) is 0 Å². The lowest BCUT2D eigenvalue weighted by Crippen LogP contribution is -2.32. The molecule has 1 aliphatic heterocycles. The van der Waals surface area contributed by atoms with Gasteiger partial charge in [0.25, 0.3) is 10.0 Å². The number of nitrogens with zero attached hydrogens (tertiary/aromatic N) is 3. The Morgan fingerprint density at radius 2 is 2.09 bits per heavy atom. The Labute approximate surface area is 201 Å². The molecule has 1 amide bonds. The van der Waals surface area contributed by atoms with E-state index < -0.39 is 10.0 Å². The third-order valence-corrected chi connectivity index (χ3v) is 9.86. The summed E-state index contributed by atoms with van der Waals surface area (Å²) in [5, 5.41) is 3.56. The molecule has 0 spiro atoms. The SMILES string of the molecule is COCCN(C)C(=O)CC1CN=C(c2cc3cccc(N(C)S(=O)(=O)c4cccs4)c3[nH]2)S1. The van der Waals surface area contributed by atoms with Crippen LogP contribution in [0, 0.1) is 0 Å². The molecule has 1 aliphatic rings. The number of aromatic nitrogens is 1. The van der Waals surface area contributed by atoms with Crippen LogP contribution in [0.4, 0.5) is 5.69 Å². The van der Waals surface area contributed by atoms with Crippen molar-refractivity contribution in [1.29, 1.82) is 0 Å². The van der Waals surface area contributed by atoms with Crippen molar-refractivity contribution in [3.05, 3.63) is 47.5 Å². The van der Waals surface area contributed by atoms with Crippen LogP contribution in [0.5, 0.6) is 0 Å². The molecule has 4 rings (SSSR count). The van der Waals surface area contributed by atoms with Crippen molar-refractivity contribution in [2.75, 3.05) is 45.2 Å². The number of ether oxygens (including phenoxy) is 1. The summed E-state index contributed by atoms with van der Waals surface area (Å²) in [4.78, 5) is 22.1. The number of hydrogen-bond donors (Lipinski definition) is 1. The van der Waals surface area contributed by atoms with Gasteiger partial charge in [0.05, 0.1) is 30.0 Å². The van der Waals surface area contributed by atoms with Crippen molar-refractivity contribution >= 4 is 60.7 Å². The lowest BCUT2D eigenvalue weighted by molar-refractivity contribution is -0.130. The molecule has 0 bridgehead atoms. The summed E-state index contributed by atoms with van der Waals surface area (Å²) in [6.45, 7) is 1.64. The molecule has 8 nitrogen and oxygen atoms in total. The van der Waals surface area contributed by atoms with Crippen molar-refractivity contribution in [1.82, 2.24) is 9.88 Å². The zero-order valence-corrected chi connectivity index (χ0v) is 21.1. The standard InChI is InChI=1S/C22H26N4O4S3/c1-25(9-10-30-3)19(27)13-16-14-23-22(32-16)17-12-15-6-4-7-18(21(15)24-17)26(2)33(28,29)20-8-5-11-31-20/h4-8,11-12,16,24H,9-10,13-14H2,1-3H3. The Kier molecular flexibility index (Phi) is 7.13. The predicted octanol–water partition coefficient (Wildman–Crippen LogP) is 3.41. The second-order valence-corrected chi connectivity index (χ2v) is 12.2. The number of benzene rings is 1. The number of methoxy groups -OCH3 is 1. The number of aliphatic imine (C=N–C) groups is 1. The molecular weight excluding hydrogens is 480 g/mol. The molecule has 2 aromatic heterocycles. The molecule has 0 saturated heterocycles. The van der Waals surface area contributed by atoms with Crippen LogP contribution in [0.15, 0.2) is 51.0 Å². The highest BCUT2D eigenvalue weighted by molar-refractivity contribution is 8.15. The highest BCUT2D eigenvalue weighted by Crippen LogP contribution is 2.34. The summed E-state index contributed by atoms with van der Waals surface area (Å²) in [5.74, 6) is 0.0698. The van der Waals surface area contributed by atoms with Crippen molar-refractivity contribution in [2.24, 2.45) is 4.99 Å². The number of thiophene rings is 1. The van der Waals surface area contributed by atoms with Gasteiger partial charge in [-0.2, -0.15) is 0 Å². The van der Waals surface area contributed by atoms with E-state index in [1.807, 2.05) is 18.2 Å². The van der Waals surface area contributed by atoms with Gasteiger partial charge in [0, 0.05) is 44.8 Å². The fourth-order valence-corrected chi connectivity index (χ4v) is 7.01. The number of fused-ring (bicyclic) bond motifs is 1. The molecule has 33 heavy (non-hydrogen) atoms. The number of thioether (sulfide) groups is 1. The normalized spacial score (nSPS) is 16.2. The molecular formula is C22H26N4O4S3. The van der Waals surface area contributed by atoms with Crippen LogP contribution < -0.4 is 4.31 Å². The molecule has 11 heteroatoms. The highest BCUT2D eigenvalue weighted by Gasteiger charge is 2.27. The van der Waals surface area contributed by atoms with E-state index in [0.29, 0.717) is 36.0 Å². The number of likely N-dealkylation sites (N-methyl/N-ethyl adjacent to an activating group) is 1. The van der Waals surface area contributed by atoms with Gasteiger partial charge in [-0.15, -0.1) is 11.3 Å². The van der Waals surface area contributed by atoms with Crippen molar-refractivity contribution < 1.29 is 17.9 Å². The molecule has 1 atom stereocenters. The van der Waals surface area contributed by atoms with E-state index in [0.717, 1.165) is 21.6 Å². The van der Waals surface area contributed by atoms with E-state index >= 15 is 0 Å². The van der Waals surface area contributed by atoms with Crippen LogP contribution in [-0.4, -0.2) is 75.4 Å². The van der Waals surface area contributed by atoms with Gasteiger partial charge < -0.3 is 14.6 Å². The zero-order valence-electron chi connectivity index (χ0n) is 18.6. The van der Waals surface area contributed by atoms with Gasteiger partial charge >= 0.3 is 0 Å². The Morgan fingerprint density at radius 1 is 1.27 bits per heavy atom. The number of para-hydroxylation sites is 1. The van der Waals surface area contributed by atoms with Gasteiger partial charge in [-0.1, -0.05) is 30.0 Å². The smallest absolute Gasteiger partial charge is 0.273 e. The summed E-state index contributed by atoms with van der Waals surface area (Å²) in [5.41, 5.74) is 2.13. The number of H-pyrrole nitrogens is 1. The number of hydrogen-bond acceptors (Lipinski definition) is 7. The minimum Gasteiger partial charge on any atom is -0.383 e. The summed E-state index contributed by atoms with van der Waals surface area (Å²) in [6.07, 6.45) is 0.408. The highest BCUT2D eigenvalue weighted by atomic mass is 32.2. The maximum Gasteiger partial charge on any atom is 0.273 e. The number of nitrogens with one attached hydrogen (secondary N) is 1. The maximum atomic E-state index is 13.0. The number of rotatable bonds is 9. The minimum atomic E-state index is -3.64. The second kappa shape index (κ2) is 9.88. The van der Waals surface area contributed by atoms with Crippen LogP contribution in [-0.2, 0) is 19.6 Å². The summed E-state index contributed by atoms with van der Waals surface area (Å²) in [6, 6.07) is 10.9. The lowest BCUT2D eigenvalue weighted by Gasteiger charge is -2.19. The van der Waals surface area contributed by atoms with Crippen molar-refractivity contribution in [2.45, 2.75) is 15.9 Å². The summed E-state index contributed by atoms with van der Waals surface area (Å²) in [7, 11) is 1.32. The first-order valence-corrected chi connectivity index (χ1v) is 13.6. The molecule has 1 N–H and O–H groups in total. The van der Waals surface area contributed by atoms with Crippen LogP contribution in [0.25, 0.3) is 10.9 Å². The molecule has 0 fully saturated rings. The molecule has 0 radical (unpaired) electrons. The minimum absolute atomic E-state index is 0.0698. The van der Waals surface area contributed by atoms with Crippen molar-refractivity contribution in [3.63, 3.8) is 0 Å². The van der Waals surface area contributed by atoms with E-state index in [1.165, 1.54) is 15.6 Å². The van der Waals surface area contributed by atoms with Gasteiger partial charge in [-0.25, -0.2) is 8.42 Å². The topological polar surface area (TPSA) is 95.1 Å². The fourth-order valence-electron chi connectivity index (χ4n) is 3.57. The first-order valence-electron chi connectivity index (χ1n) is 10.4. The third kappa shape index (κ3) is 4.96. The Balaban J connectivity index is 1.51. The van der Waals surface area contributed by atoms with E-state index in [2.05, 4.69) is 9.98 Å². The molecule has 3 aromatic rings. The second-order valence-electron chi connectivity index (χ2n) is 7.73. The fraction of sp³-hybridized carbons (Fsp3) is 0.364. The lowest BCUT2D eigenvalue weighted by atomic mass is 10.2. The number of amides is 1. The Bertz CT molecular complexity index is 1270. The van der Waals surface area contributed by atoms with Gasteiger partial charge in [-0.3, -0.25) is 14.1 Å². The van der Waals surface area contributed by atoms with Gasteiger partial charge in [0.2, 0.25) is 5.91 Å². The Morgan fingerprint density at radius 3 is 2.82 bits per heavy atom.